The lowest BCUT2D eigenvalue weighted by atomic mass is 9.96. The van der Waals surface area contributed by atoms with Crippen molar-refractivity contribution in [2.75, 3.05) is 0 Å². The maximum atomic E-state index is 10.7. The van der Waals surface area contributed by atoms with Gasteiger partial charge in [0.15, 0.2) is 0 Å². The molecule has 2 unspecified atom stereocenters. The summed E-state index contributed by atoms with van der Waals surface area (Å²) in [7, 11) is 0. The first-order valence-electron chi connectivity index (χ1n) is 4.03. The largest absolute Gasteiger partial charge is 0.480 e. The van der Waals surface area contributed by atoms with Crippen molar-refractivity contribution in [3.8, 4) is 0 Å². The van der Waals surface area contributed by atoms with E-state index >= 15 is 0 Å². The van der Waals surface area contributed by atoms with E-state index in [4.69, 9.17) is 5.11 Å². The lowest BCUT2D eigenvalue weighted by Gasteiger charge is -2.09. The lowest BCUT2D eigenvalue weighted by molar-refractivity contribution is -0.136. The Kier molecular flexibility index (Phi) is 1.97. The fourth-order valence-electron chi connectivity index (χ4n) is 1.63. The summed E-state index contributed by atoms with van der Waals surface area (Å²) < 4.78 is 0. The molecule has 1 saturated heterocycles. The molecule has 2 aliphatic rings. The molecule has 1 N–H and O–H groups in total. The van der Waals surface area contributed by atoms with E-state index in [2.05, 4.69) is 6.08 Å². The highest BCUT2D eigenvalue weighted by molar-refractivity contribution is 8.04. The zero-order valence-corrected chi connectivity index (χ0v) is 7.38. The van der Waals surface area contributed by atoms with Crippen molar-refractivity contribution < 1.29 is 9.90 Å². The van der Waals surface area contributed by atoms with Gasteiger partial charge >= 0.3 is 5.97 Å². The van der Waals surface area contributed by atoms with Gasteiger partial charge in [-0.2, -0.15) is 0 Å². The van der Waals surface area contributed by atoms with Crippen molar-refractivity contribution in [3.63, 3.8) is 0 Å². The molecule has 12 heavy (non-hydrogen) atoms. The molecule has 1 heterocycles. The van der Waals surface area contributed by atoms with Crippen molar-refractivity contribution in [1.82, 2.24) is 0 Å². The summed E-state index contributed by atoms with van der Waals surface area (Å²) in [4.78, 5) is 11.9. The average molecular weight is 182 g/mol. The number of hydrogen-bond donors (Lipinski definition) is 1. The first-order valence-corrected chi connectivity index (χ1v) is 4.91. The minimum Gasteiger partial charge on any atom is -0.480 e. The minimum atomic E-state index is -0.671. The number of carboxylic acid groups (broad SMARTS) is 1. The number of fused-ring (bicyclic) bond motifs is 1. The van der Waals surface area contributed by atoms with E-state index in [1.807, 2.05) is 12.2 Å². The van der Waals surface area contributed by atoms with Crippen molar-refractivity contribution in [3.05, 3.63) is 23.1 Å². The Balaban J connectivity index is 2.12. The van der Waals surface area contributed by atoms with Crippen molar-refractivity contribution in [2.24, 2.45) is 5.92 Å². The Morgan fingerprint density at radius 2 is 2.50 bits per heavy atom. The monoisotopic (exact) mass is 182 g/mol. The van der Waals surface area contributed by atoms with Gasteiger partial charge in [-0.05, 0) is 23.7 Å². The van der Waals surface area contributed by atoms with Gasteiger partial charge in [0.1, 0.15) is 5.25 Å². The molecular formula is C9H10O2S. The smallest absolute Gasteiger partial charge is 0.316 e. The molecule has 0 radical (unpaired) electrons. The van der Waals surface area contributed by atoms with Gasteiger partial charge in [0.2, 0.25) is 0 Å². The Morgan fingerprint density at radius 3 is 3.17 bits per heavy atom. The summed E-state index contributed by atoms with van der Waals surface area (Å²) in [6, 6.07) is 0. The number of thioether (sulfide) groups is 1. The van der Waals surface area contributed by atoms with E-state index in [1.54, 1.807) is 0 Å². The van der Waals surface area contributed by atoms with Gasteiger partial charge in [-0.1, -0.05) is 18.2 Å². The van der Waals surface area contributed by atoms with Crippen LogP contribution in [0, 0.1) is 5.92 Å². The van der Waals surface area contributed by atoms with Gasteiger partial charge in [-0.15, -0.1) is 11.8 Å². The summed E-state index contributed by atoms with van der Waals surface area (Å²) in [6.45, 7) is 0. The van der Waals surface area contributed by atoms with E-state index in [-0.39, 0.29) is 5.25 Å². The van der Waals surface area contributed by atoms with Crippen LogP contribution in [-0.4, -0.2) is 16.3 Å². The van der Waals surface area contributed by atoms with Gasteiger partial charge in [0.25, 0.3) is 0 Å². The third kappa shape index (κ3) is 1.29. The predicted octanol–water partition coefficient (Wildman–Crippen LogP) is 2.04. The van der Waals surface area contributed by atoms with Crippen LogP contribution in [0.2, 0.25) is 0 Å². The highest BCUT2D eigenvalue weighted by Crippen LogP contribution is 2.45. The molecular weight excluding hydrogens is 172 g/mol. The molecule has 0 bridgehead atoms. The second kappa shape index (κ2) is 2.98. The van der Waals surface area contributed by atoms with Crippen molar-refractivity contribution in [1.29, 1.82) is 0 Å². The molecule has 0 amide bonds. The quantitative estimate of drug-likeness (QED) is 0.674. The molecule has 2 rings (SSSR count). The summed E-state index contributed by atoms with van der Waals surface area (Å²) in [5, 5.41) is 8.58. The molecule has 0 saturated carbocycles. The van der Waals surface area contributed by atoms with Crippen LogP contribution in [0.5, 0.6) is 0 Å². The van der Waals surface area contributed by atoms with Gasteiger partial charge in [0, 0.05) is 0 Å². The maximum Gasteiger partial charge on any atom is 0.316 e. The Hall–Kier alpha value is -0.700. The third-order valence-electron chi connectivity index (χ3n) is 2.27. The normalized spacial score (nSPS) is 32.8. The molecule has 64 valence electrons. The molecule has 2 atom stereocenters. The van der Waals surface area contributed by atoms with Crippen LogP contribution in [0.15, 0.2) is 23.1 Å². The van der Waals surface area contributed by atoms with Gasteiger partial charge < -0.3 is 5.11 Å². The second-order valence-electron chi connectivity index (χ2n) is 3.11. The SMILES string of the molecule is O=C(O)C1CC2CC=CC=C2S1. The number of aliphatic carboxylic acids is 1. The molecule has 1 aliphatic heterocycles. The Morgan fingerprint density at radius 1 is 1.67 bits per heavy atom. The first-order chi connectivity index (χ1) is 5.77. The highest BCUT2D eigenvalue weighted by Gasteiger charge is 2.34. The molecule has 0 aromatic carbocycles. The molecule has 1 aliphatic carbocycles. The van der Waals surface area contributed by atoms with Crippen LogP contribution < -0.4 is 0 Å². The number of allylic oxidation sites excluding steroid dienone is 4. The van der Waals surface area contributed by atoms with Crippen LogP contribution in [0.1, 0.15) is 12.8 Å². The number of hydrogen-bond acceptors (Lipinski definition) is 2. The fourth-order valence-corrected chi connectivity index (χ4v) is 2.93. The average Bonchev–Trinajstić information content (AvgIpc) is 2.46. The zero-order chi connectivity index (χ0) is 8.55. The van der Waals surface area contributed by atoms with E-state index in [9.17, 15) is 4.79 Å². The minimum absolute atomic E-state index is 0.207. The van der Waals surface area contributed by atoms with E-state index < -0.39 is 5.97 Å². The van der Waals surface area contributed by atoms with E-state index in [0.29, 0.717) is 5.92 Å². The molecule has 0 aromatic rings. The Labute approximate surface area is 75.3 Å². The van der Waals surface area contributed by atoms with Crippen LogP contribution >= 0.6 is 11.8 Å². The van der Waals surface area contributed by atoms with Gasteiger partial charge in [0.05, 0.1) is 0 Å². The number of rotatable bonds is 1. The molecule has 0 spiro atoms. The van der Waals surface area contributed by atoms with Crippen LogP contribution in [0.4, 0.5) is 0 Å². The van der Waals surface area contributed by atoms with Crippen LogP contribution in [0.3, 0.4) is 0 Å². The topological polar surface area (TPSA) is 37.3 Å². The molecule has 0 aromatic heterocycles. The molecule has 3 heteroatoms. The maximum absolute atomic E-state index is 10.7. The Bertz CT molecular complexity index is 268. The highest BCUT2D eigenvalue weighted by atomic mass is 32.2. The molecule has 2 nitrogen and oxygen atoms in total. The summed E-state index contributed by atoms with van der Waals surface area (Å²) >= 11 is 1.51. The second-order valence-corrected chi connectivity index (χ2v) is 4.39. The van der Waals surface area contributed by atoms with E-state index in [1.165, 1.54) is 16.7 Å². The zero-order valence-electron chi connectivity index (χ0n) is 6.56. The molecule has 1 fully saturated rings. The number of carbonyl (C=O) groups is 1. The fraction of sp³-hybridized carbons (Fsp3) is 0.444. The lowest BCUT2D eigenvalue weighted by Crippen LogP contribution is -2.13. The van der Waals surface area contributed by atoms with Gasteiger partial charge in [-0.25, -0.2) is 0 Å². The number of carboxylic acids is 1. The van der Waals surface area contributed by atoms with Crippen molar-refractivity contribution in [2.45, 2.75) is 18.1 Å². The van der Waals surface area contributed by atoms with E-state index in [0.717, 1.165) is 12.8 Å². The first kappa shape index (κ1) is 7.92. The third-order valence-corrected chi connectivity index (χ3v) is 3.69. The standard InChI is InChI=1S/C9H10O2S/c10-9(11)8-5-6-3-1-2-4-7(6)12-8/h1-2,4,6,8H,3,5H2,(H,10,11). The summed E-state index contributed by atoms with van der Waals surface area (Å²) in [5.41, 5.74) is 0. The predicted molar refractivity (Wildman–Crippen MR) is 49.0 cm³/mol. The van der Waals surface area contributed by atoms with Crippen LogP contribution in [-0.2, 0) is 4.79 Å². The van der Waals surface area contributed by atoms with Crippen LogP contribution in [0.25, 0.3) is 0 Å². The van der Waals surface area contributed by atoms with Crippen molar-refractivity contribution >= 4 is 17.7 Å². The summed E-state index contributed by atoms with van der Waals surface area (Å²) in [5.74, 6) is -0.184. The summed E-state index contributed by atoms with van der Waals surface area (Å²) in [6.07, 6.45) is 7.99. The van der Waals surface area contributed by atoms with Gasteiger partial charge in [-0.3, -0.25) is 4.79 Å².